The van der Waals surface area contributed by atoms with Gasteiger partial charge in [-0.2, -0.15) is 0 Å². The molecule has 2 N–H and O–H groups in total. The maximum absolute atomic E-state index is 6.14. The average molecular weight is 316 g/mol. The van der Waals surface area contributed by atoms with Gasteiger partial charge in [-0.1, -0.05) is 23.2 Å². The predicted molar refractivity (Wildman–Crippen MR) is 82.7 cm³/mol. The van der Waals surface area contributed by atoms with Gasteiger partial charge in [-0.25, -0.2) is 0 Å². The molecule has 0 radical (unpaired) electrons. The third kappa shape index (κ3) is 3.42. The zero-order chi connectivity index (χ0) is 14.0. The Bertz CT molecular complexity index is 560. The Morgan fingerprint density at radius 2 is 1.84 bits per heavy atom. The summed E-state index contributed by atoms with van der Waals surface area (Å²) in [4.78, 5) is 1.03. The van der Waals surface area contributed by atoms with Crippen LogP contribution in [0.15, 0.2) is 24.3 Å². The van der Waals surface area contributed by atoms with Crippen LogP contribution in [0.25, 0.3) is 0 Å². The Morgan fingerprint density at radius 3 is 2.32 bits per heavy atom. The van der Waals surface area contributed by atoms with Gasteiger partial charge in [-0.15, -0.1) is 11.3 Å². The van der Waals surface area contributed by atoms with Crippen LogP contribution < -0.4 is 10.5 Å². The summed E-state index contributed by atoms with van der Waals surface area (Å²) in [5.74, 6) is 0.777. The highest BCUT2D eigenvalue weighted by molar-refractivity contribution is 7.16. The van der Waals surface area contributed by atoms with Crippen molar-refractivity contribution < 1.29 is 4.74 Å². The molecule has 1 aromatic heterocycles. The maximum Gasteiger partial charge on any atom is 0.145 e. The molecular formula is C14H15Cl2NOS. The van der Waals surface area contributed by atoms with Crippen LogP contribution in [-0.2, 0) is 0 Å². The normalized spacial score (nSPS) is 12.5. The van der Waals surface area contributed by atoms with Crippen LogP contribution in [0, 0.1) is 13.8 Å². The van der Waals surface area contributed by atoms with Crippen molar-refractivity contribution in [3.8, 4) is 5.75 Å². The second-order valence-corrected chi connectivity index (χ2v) is 6.48. The SMILES string of the molecule is Cc1cc(OC(CN)c2ccc(Cl)s2)cc(C)c1Cl. The van der Waals surface area contributed by atoms with Gasteiger partial charge in [0, 0.05) is 16.4 Å². The van der Waals surface area contributed by atoms with Gasteiger partial charge in [0.05, 0.1) is 4.34 Å². The number of rotatable bonds is 4. The molecule has 0 saturated heterocycles. The summed E-state index contributed by atoms with van der Waals surface area (Å²) in [5, 5.41) is 0.774. The van der Waals surface area contributed by atoms with E-state index in [9.17, 15) is 0 Å². The highest BCUT2D eigenvalue weighted by atomic mass is 35.5. The molecule has 2 rings (SSSR count). The van der Waals surface area contributed by atoms with Crippen molar-refractivity contribution in [1.29, 1.82) is 0 Å². The van der Waals surface area contributed by atoms with Crippen molar-refractivity contribution in [2.24, 2.45) is 5.73 Å². The summed E-state index contributed by atoms with van der Waals surface area (Å²) >= 11 is 13.6. The minimum atomic E-state index is -0.183. The molecule has 19 heavy (non-hydrogen) atoms. The van der Waals surface area contributed by atoms with Crippen molar-refractivity contribution in [1.82, 2.24) is 0 Å². The fourth-order valence-electron chi connectivity index (χ4n) is 1.86. The topological polar surface area (TPSA) is 35.2 Å². The first-order chi connectivity index (χ1) is 9.01. The number of thiophene rings is 1. The van der Waals surface area contributed by atoms with E-state index in [-0.39, 0.29) is 6.10 Å². The summed E-state index contributed by atoms with van der Waals surface area (Å²) in [7, 11) is 0. The predicted octanol–water partition coefficient (Wildman–Crippen LogP) is 4.75. The highest BCUT2D eigenvalue weighted by Gasteiger charge is 2.15. The lowest BCUT2D eigenvalue weighted by molar-refractivity contribution is 0.218. The molecule has 1 aromatic carbocycles. The number of ether oxygens (including phenoxy) is 1. The van der Waals surface area contributed by atoms with Crippen molar-refractivity contribution in [2.45, 2.75) is 20.0 Å². The number of hydrogen-bond acceptors (Lipinski definition) is 3. The number of aryl methyl sites for hydroxylation is 2. The van der Waals surface area contributed by atoms with E-state index in [4.69, 9.17) is 33.7 Å². The van der Waals surface area contributed by atoms with Gasteiger partial charge in [-0.3, -0.25) is 0 Å². The minimum absolute atomic E-state index is 0.183. The number of hydrogen-bond donors (Lipinski definition) is 1. The molecule has 2 aromatic rings. The molecule has 0 aliphatic heterocycles. The molecule has 0 aliphatic rings. The van der Waals surface area contributed by atoms with Crippen LogP contribution in [0.4, 0.5) is 0 Å². The Labute approximate surface area is 127 Å². The fraction of sp³-hybridized carbons (Fsp3) is 0.286. The third-order valence-electron chi connectivity index (χ3n) is 2.81. The molecule has 0 fully saturated rings. The Kier molecular flexibility index (Phi) is 4.74. The third-order valence-corrected chi connectivity index (χ3v) is 4.73. The lowest BCUT2D eigenvalue weighted by Crippen LogP contribution is -2.17. The highest BCUT2D eigenvalue weighted by Crippen LogP contribution is 2.32. The van der Waals surface area contributed by atoms with E-state index < -0.39 is 0 Å². The molecule has 1 unspecified atom stereocenters. The van der Waals surface area contributed by atoms with Gasteiger partial charge in [-0.05, 0) is 49.2 Å². The van der Waals surface area contributed by atoms with E-state index in [1.807, 2.05) is 38.1 Å². The van der Waals surface area contributed by atoms with Crippen molar-refractivity contribution in [3.05, 3.63) is 49.6 Å². The van der Waals surface area contributed by atoms with Crippen LogP contribution in [-0.4, -0.2) is 6.54 Å². The molecule has 1 atom stereocenters. The first kappa shape index (κ1) is 14.7. The van der Waals surface area contributed by atoms with Crippen molar-refractivity contribution in [2.75, 3.05) is 6.54 Å². The van der Waals surface area contributed by atoms with Crippen molar-refractivity contribution in [3.63, 3.8) is 0 Å². The average Bonchev–Trinajstić information content (AvgIpc) is 2.79. The number of halogens is 2. The molecule has 5 heteroatoms. The van der Waals surface area contributed by atoms with E-state index >= 15 is 0 Å². The second-order valence-electron chi connectivity index (χ2n) is 4.36. The summed E-state index contributed by atoms with van der Waals surface area (Å²) in [6, 6.07) is 7.65. The monoisotopic (exact) mass is 315 g/mol. The van der Waals surface area contributed by atoms with E-state index in [1.54, 1.807) is 0 Å². The van der Waals surface area contributed by atoms with Gasteiger partial charge in [0.15, 0.2) is 0 Å². The van der Waals surface area contributed by atoms with E-state index in [2.05, 4.69) is 0 Å². The molecule has 0 amide bonds. The molecule has 2 nitrogen and oxygen atoms in total. The fourth-order valence-corrected chi connectivity index (χ4v) is 3.07. The van der Waals surface area contributed by atoms with Crippen molar-refractivity contribution >= 4 is 34.5 Å². The molecular weight excluding hydrogens is 301 g/mol. The van der Waals surface area contributed by atoms with E-state index in [0.29, 0.717) is 6.54 Å². The minimum Gasteiger partial charge on any atom is -0.484 e. The second kappa shape index (κ2) is 6.14. The standard InChI is InChI=1S/C14H15Cl2NOS/c1-8-5-10(6-9(2)14(8)16)18-11(7-17)12-3-4-13(15)19-12/h3-6,11H,7,17H2,1-2H3. The van der Waals surface area contributed by atoms with Gasteiger partial charge in [0.25, 0.3) is 0 Å². The number of benzene rings is 1. The zero-order valence-corrected chi connectivity index (χ0v) is 13.1. The molecule has 0 bridgehead atoms. The Balaban J connectivity index is 2.23. The molecule has 0 spiro atoms. The van der Waals surface area contributed by atoms with Crippen LogP contribution in [0.5, 0.6) is 5.75 Å². The quantitative estimate of drug-likeness (QED) is 0.883. The van der Waals surface area contributed by atoms with E-state index in [1.165, 1.54) is 11.3 Å². The van der Waals surface area contributed by atoms with Crippen LogP contribution in [0.1, 0.15) is 22.1 Å². The zero-order valence-electron chi connectivity index (χ0n) is 10.7. The summed E-state index contributed by atoms with van der Waals surface area (Å²) in [6.45, 7) is 4.32. The first-order valence-electron chi connectivity index (χ1n) is 5.90. The molecule has 1 heterocycles. The van der Waals surface area contributed by atoms with Gasteiger partial charge < -0.3 is 10.5 Å². The Morgan fingerprint density at radius 1 is 1.21 bits per heavy atom. The smallest absolute Gasteiger partial charge is 0.145 e. The van der Waals surface area contributed by atoms with E-state index in [0.717, 1.165) is 31.1 Å². The maximum atomic E-state index is 6.14. The summed E-state index contributed by atoms with van der Waals surface area (Å²) in [6.07, 6.45) is -0.183. The summed E-state index contributed by atoms with van der Waals surface area (Å²) in [5.41, 5.74) is 7.77. The first-order valence-corrected chi connectivity index (χ1v) is 7.47. The van der Waals surface area contributed by atoms with Gasteiger partial charge in [0.1, 0.15) is 11.9 Å². The lowest BCUT2D eigenvalue weighted by Gasteiger charge is -2.17. The molecule has 0 saturated carbocycles. The van der Waals surface area contributed by atoms with Crippen LogP contribution in [0.2, 0.25) is 9.36 Å². The molecule has 102 valence electrons. The summed E-state index contributed by atoms with van der Waals surface area (Å²) < 4.78 is 6.68. The van der Waals surface area contributed by atoms with Crippen LogP contribution in [0.3, 0.4) is 0 Å². The van der Waals surface area contributed by atoms with Gasteiger partial charge in [0.2, 0.25) is 0 Å². The van der Waals surface area contributed by atoms with Gasteiger partial charge >= 0.3 is 0 Å². The molecule has 0 aliphatic carbocycles. The van der Waals surface area contributed by atoms with Crippen LogP contribution >= 0.6 is 34.5 Å². The number of nitrogens with two attached hydrogens (primary N) is 1. The largest absolute Gasteiger partial charge is 0.484 e. The Hall–Kier alpha value is -0.740. The lowest BCUT2D eigenvalue weighted by atomic mass is 10.1.